The molecule has 6 nitrogen and oxygen atoms in total. The highest BCUT2D eigenvalue weighted by atomic mass is 32.2. The van der Waals surface area contributed by atoms with E-state index in [1.807, 2.05) is 0 Å². The maximum absolute atomic E-state index is 12.1. The van der Waals surface area contributed by atoms with Gasteiger partial charge in [0, 0.05) is 20.0 Å². The van der Waals surface area contributed by atoms with Gasteiger partial charge in [0.25, 0.3) is 10.0 Å². The molecule has 0 aliphatic carbocycles. The van der Waals surface area contributed by atoms with Gasteiger partial charge in [-0.25, -0.2) is 8.42 Å². The largest absolute Gasteiger partial charge is 0.298 e. The molecule has 0 aromatic carbocycles. The first-order valence-corrected chi connectivity index (χ1v) is 6.45. The van der Waals surface area contributed by atoms with Gasteiger partial charge in [0.2, 0.25) is 0 Å². The molecule has 1 aliphatic rings. The van der Waals surface area contributed by atoms with Crippen LogP contribution < -0.4 is 0 Å². The molecule has 0 atom stereocenters. The van der Waals surface area contributed by atoms with Crippen LogP contribution in [0.4, 0.5) is 0 Å². The summed E-state index contributed by atoms with van der Waals surface area (Å²) in [5.41, 5.74) is 0. The predicted octanol–water partition coefficient (Wildman–Crippen LogP) is -0.226. The van der Waals surface area contributed by atoms with E-state index in [1.165, 1.54) is 21.3 Å². The minimum atomic E-state index is -3.57. The van der Waals surface area contributed by atoms with Gasteiger partial charge in [0.15, 0.2) is 5.03 Å². The second kappa shape index (κ2) is 3.99. The van der Waals surface area contributed by atoms with Gasteiger partial charge in [-0.05, 0) is 12.5 Å². The average molecular weight is 243 g/mol. The first kappa shape index (κ1) is 11.3. The molecule has 16 heavy (non-hydrogen) atoms. The number of carbonyl (C=O) groups is 1. The lowest BCUT2D eigenvalue weighted by atomic mass is 10.1. The molecule has 2 heterocycles. The van der Waals surface area contributed by atoms with Crippen LogP contribution in [0.5, 0.6) is 0 Å². The molecule has 0 radical (unpaired) electrons. The summed E-state index contributed by atoms with van der Waals surface area (Å²) < 4.78 is 26.8. The number of ketones is 1. The zero-order valence-electron chi connectivity index (χ0n) is 8.96. The van der Waals surface area contributed by atoms with E-state index in [-0.39, 0.29) is 17.4 Å². The maximum Gasteiger partial charge on any atom is 0.260 e. The summed E-state index contributed by atoms with van der Waals surface area (Å²) in [5.74, 6) is -0.0306. The van der Waals surface area contributed by atoms with Crippen LogP contribution in [0, 0.1) is 0 Å². The van der Waals surface area contributed by atoms with E-state index in [2.05, 4.69) is 5.10 Å². The van der Waals surface area contributed by atoms with E-state index in [1.54, 1.807) is 7.05 Å². The number of aromatic nitrogens is 2. The topological polar surface area (TPSA) is 72.3 Å². The van der Waals surface area contributed by atoms with Crippen LogP contribution in [0.25, 0.3) is 0 Å². The fourth-order valence-electron chi connectivity index (χ4n) is 1.76. The van der Waals surface area contributed by atoms with Gasteiger partial charge in [-0.1, -0.05) is 0 Å². The molecule has 0 N–H and O–H groups in total. The third kappa shape index (κ3) is 1.88. The number of aryl methyl sites for hydroxylation is 1. The molecule has 0 bridgehead atoms. The van der Waals surface area contributed by atoms with Crippen LogP contribution in [0.1, 0.15) is 12.8 Å². The molecule has 7 heteroatoms. The Hall–Kier alpha value is -1.21. The van der Waals surface area contributed by atoms with Gasteiger partial charge in [0.05, 0.1) is 12.7 Å². The number of carbonyl (C=O) groups excluding carboxylic acids is 1. The van der Waals surface area contributed by atoms with Crippen LogP contribution in [-0.4, -0.2) is 41.4 Å². The lowest BCUT2D eigenvalue weighted by Crippen LogP contribution is -2.40. The molecule has 1 fully saturated rings. The Morgan fingerprint density at radius 2 is 2.19 bits per heavy atom. The van der Waals surface area contributed by atoms with E-state index >= 15 is 0 Å². The lowest BCUT2D eigenvalue weighted by molar-refractivity contribution is -0.120. The standard InChI is InChI=1S/C9H13N3O3S/c1-11-9(4-5-10-11)16(14,15)12-6-2-3-8(13)7-12/h4-5H,2-3,6-7H2,1H3. The van der Waals surface area contributed by atoms with Crippen molar-refractivity contribution in [1.29, 1.82) is 0 Å². The monoisotopic (exact) mass is 243 g/mol. The fourth-order valence-corrected chi connectivity index (χ4v) is 3.32. The normalized spacial score (nSPS) is 18.9. The molecule has 1 aliphatic heterocycles. The van der Waals surface area contributed by atoms with Crippen molar-refractivity contribution in [3.8, 4) is 0 Å². The van der Waals surface area contributed by atoms with Crippen LogP contribution in [0.15, 0.2) is 17.3 Å². The van der Waals surface area contributed by atoms with Gasteiger partial charge in [-0.15, -0.1) is 0 Å². The van der Waals surface area contributed by atoms with Crippen molar-refractivity contribution < 1.29 is 13.2 Å². The SMILES string of the molecule is Cn1nccc1S(=O)(=O)N1CCCC(=O)C1. The summed E-state index contributed by atoms with van der Waals surface area (Å²) in [7, 11) is -2.00. The highest BCUT2D eigenvalue weighted by Crippen LogP contribution is 2.18. The molecule has 0 amide bonds. The van der Waals surface area contributed by atoms with Crippen LogP contribution in [0.3, 0.4) is 0 Å². The van der Waals surface area contributed by atoms with E-state index in [9.17, 15) is 13.2 Å². The highest BCUT2D eigenvalue weighted by molar-refractivity contribution is 7.89. The van der Waals surface area contributed by atoms with Crippen molar-refractivity contribution in [1.82, 2.24) is 14.1 Å². The first-order chi connectivity index (χ1) is 7.51. The predicted molar refractivity (Wildman–Crippen MR) is 56.2 cm³/mol. The Kier molecular flexibility index (Phi) is 2.81. The Bertz CT molecular complexity index is 506. The van der Waals surface area contributed by atoms with Crippen LogP contribution in [-0.2, 0) is 21.9 Å². The zero-order chi connectivity index (χ0) is 11.8. The zero-order valence-corrected chi connectivity index (χ0v) is 9.77. The molecule has 0 spiro atoms. The van der Waals surface area contributed by atoms with Gasteiger partial charge < -0.3 is 0 Å². The molecular formula is C9H13N3O3S. The summed E-state index contributed by atoms with van der Waals surface area (Å²) >= 11 is 0. The lowest BCUT2D eigenvalue weighted by Gasteiger charge is -2.24. The fraction of sp³-hybridized carbons (Fsp3) is 0.556. The van der Waals surface area contributed by atoms with Gasteiger partial charge in [-0.3, -0.25) is 9.48 Å². The molecule has 0 saturated carbocycles. The number of piperidine rings is 1. The summed E-state index contributed by atoms with van der Waals surface area (Å²) in [5, 5.41) is 3.95. The van der Waals surface area contributed by atoms with E-state index in [0.29, 0.717) is 19.4 Å². The number of rotatable bonds is 2. The van der Waals surface area contributed by atoms with Gasteiger partial charge >= 0.3 is 0 Å². The van der Waals surface area contributed by atoms with E-state index in [0.717, 1.165) is 0 Å². The molecular weight excluding hydrogens is 230 g/mol. The van der Waals surface area contributed by atoms with Crippen molar-refractivity contribution in [3.05, 3.63) is 12.3 Å². The van der Waals surface area contributed by atoms with Crippen molar-refractivity contribution in [2.75, 3.05) is 13.1 Å². The van der Waals surface area contributed by atoms with Gasteiger partial charge in [0.1, 0.15) is 5.78 Å². The third-order valence-corrected chi connectivity index (χ3v) is 4.52. The maximum atomic E-state index is 12.1. The number of nitrogens with zero attached hydrogens (tertiary/aromatic N) is 3. The average Bonchev–Trinajstić information content (AvgIpc) is 2.65. The summed E-state index contributed by atoms with van der Waals surface area (Å²) in [6.45, 7) is 0.382. The van der Waals surface area contributed by atoms with Gasteiger partial charge in [-0.2, -0.15) is 9.40 Å². The second-order valence-corrected chi connectivity index (χ2v) is 5.66. The van der Waals surface area contributed by atoms with Crippen molar-refractivity contribution in [3.63, 3.8) is 0 Å². The Balaban J connectivity index is 2.32. The van der Waals surface area contributed by atoms with E-state index in [4.69, 9.17) is 0 Å². The van der Waals surface area contributed by atoms with Crippen molar-refractivity contribution >= 4 is 15.8 Å². The Morgan fingerprint density at radius 3 is 2.75 bits per heavy atom. The summed E-state index contributed by atoms with van der Waals surface area (Å²) in [6, 6.07) is 1.44. The molecule has 1 aromatic rings. The third-order valence-electron chi connectivity index (χ3n) is 2.60. The number of hydrogen-bond acceptors (Lipinski definition) is 4. The summed E-state index contributed by atoms with van der Waals surface area (Å²) in [6.07, 6.45) is 2.49. The summed E-state index contributed by atoms with van der Waals surface area (Å²) in [4.78, 5) is 11.2. The quantitative estimate of drug-likeness (QED) is 0.719. The van der Waals surface area contributed by atoms with Crippen LogP contribution >= 0.6 is 0 Å². The van der Waals surface area contributed by atoms with Crippen LogP contribution in [0.2, 0.25) is 0 Å². The second-order valence-electron chi connectivity index (χ2n) is 3.77. The van der Waals surface area contributed by atoms with E-state index < -0.39 is 10.0 Å². The number of Topliss-reactive ketones (excluding diaryl/α,β-unsaturated/α-hetero) is 1. The number of sulfonamides is 1. The number of hydrogen-bond donors (Lipinski definition) is 0. The molecule has 1 saturated heterocycles. The van der Waals surface area contributed by atoms with Crippen molar-refractivity contribution in [2.24, 2.45) is 7.05 Å². The molecule has 1 aromatic heterocycles. The van der Waals surface area contributed by atoms with Crippen molar-refractivity contribution in [2.45, 2.75) is 17.9 Å². The first-order valence-electron chi connectivity index (χ1n) is 5.01. The Labute approximate surface area is 93.9 Å². The molecule has 88 valence electrons. The minimum absolute atomic E-state index is 0.0203. The smallest absolute Gasteiger partial charge is 0.260 e. The Morgan fingerprint density at radius 1 is 1.44 bits per heavy atom. The highest BCUT2D eigenvalue weighted by Gasteiger charge is 2.30. The minimum Gasteiger partial charge on any atom is -0.298 e. The molecule has 0 unspecified atom stereocenters. The molecule has 2 rings (SSSR count).